The molecule has 0 aromatic carbocycles. The monoisotopic (exact) mass is 269 g/mol. The van der Waals surface area contributed by atoms with E-state index >= 15 is 0 Å². The number of hydrogen-bond donors (Lipinski definition) is 0. The van der Waals surface area contributed by atoms with Crippen LogP contribution in [0, 0.1) is 17.8 Å². The first kappa shape index (κ1) is 13.5. The van der Waals surface area contributed by atoms with Gasteiger partial charge in [-0.15, -0.1) is 0 Å². The molecule has 0 aromatic heterocycles. The normalized spacial score (nSPS) is 45.2. The molecule has 3 rings (SSSR count). The maximum Gasteiger partial charge on any atom is 0.215 e. The molecule has 2 bridgehead atoms. The molecule has 5 heteroatoms. The molecule has 19 heavy (non-hydrogen) atoms. The first-order chi connectivity index (χ1) is 9.08. The van der Waals surface area contributed by atoms with Crippen molar-refractivity contribution in [3.63, 3.8) is 0 Å². The van der Waals surface area contributed by atoms with Crippen molar-refractivity contribution in [1.82, 2.24) is 0 Å². The topological polar surface area (TPSA) is 49.3 Å². The highest BCUT2D eigenvalue weighted by Crippen LogP contribution is 2.49. The van der Waals surface area contributed by atoms with Crippen LogP contribution in [0.15, 0.2) is 4.99 Å². The van der Waals surface area contributed by atoms with E-state index in [0.717, 1.165) is 5.71 Å². The first-order valence-corrected chi connectivity index (χ1v) is 7.18. The molecule has 0 saturated carbocycles. The molecule has 2 fully saturated rings. The minimum absolute atomic E-state index is 0.133. The van der Waals surface area contributed by atoms with Gasteiger partial charge in [0.25, 0.3) is 0 Å². The van der Waals surface area contributed by atoms with Crippen molar-refractivity contribution in [2.75, 3.05) is 19.8 Å². The van der Waals surface area contributed by atoms with Crippen LogP contribution < -0.4 is 0 Å². The fourth-order valence-electron chi connectivity index (χ4n) is 3.32. The molecule has 2 saturated heterocycles. The van der Waals surface area contributed by atoms with E-state index in [4.69, 9.17) is 18.9 Å². The van der Waals surface area contributed by atoms with Crippen molar-refractivity contribution in [1.29, 1.82) is 0 Å². The van der Waals surface area contributed by atoms with E-state index in [2.05, 4.69) is 18.8 Å². The van der Waals surface area contributed by atoms with Gasteiger partial charge in [0, 0.05) is 18.4 Å². The molecule has 0 N–H and O–H groups in total. The fraction of sp³-hybridized carbons (Fsp3) is 0.929. The lowest BCUT2D eigenvalue weighted by atomic mass is 9.84. The smallest absolute Gasteiger partial charge is 0.215 e. The third-order valence-corrected chi connectivity index (χ3v) is 4.29. The highest BCUT2D eigenvalue weighted by molar-refractivity contribution is 5.91. The van der Waals surface area contributed by atoms with Gasteiger partial charge in [-0.1, -0.05) is 13.8 Å². The summed E-state index contributed by atoms with van der Waals surface area (Å²) in [6.45, 7) is 10.0. The number of nitrogens with zero attached hydrogens (tertiary/aromatic N) is 1. The van der Waals surface area contributed by atoms with Crippen LogP contribution in [-0.4, -0.2) is 43.8 Å². The van der Waals surface area contributed by atoms with Gasteiger partial charge in [0.1, 0.15) is 0 Å². The van der Waals surface area contributed by atoms with Gasteiger partial charge < -0.3 is 18.9 Å². The minimum atomic E-state index is -0.681. The van der Waals surface area contributed by atoms with Crippen LogP contribution in [0.4, 0.5) is 0 Å². The average molecular weight is 269 g/mol. The molecule has 108 valence electrons. The van der Waals surface area contributed by atoms with E-state index in [1.54, 1.807) is 0 Å². The molecule has 5 nitrogen and oxygen atoms in total. The number of hydrogen-bond acceptors (Lipinski definition) is 5. The maximum absolute atomic E-state index is 6.02. The molecule has 3 heterocycles. The van der Waals surface area contributed by atoms with Gasteiger partial charge in [-0.3, -0.25) is 4.99 Å². The molecule has 3 aliphatic rings. The van der Waals surface area contributed by atoms with Crippen molar-refractivity contribution in [3.8, 4) is 0 Å². The Balaban J connectivity index is 1.83. The van der Waals surface area contributed by atoms with Gasteiger partial charge in [0.05, 0.1) is 24.8 Å². The average Bonchev–Trinajstić information content (AvgIpc) is 2.71. The third kappa shape index (κ3) is 1.95. The number of aliphatic imine (C=N–C) groups is 1. The lowest BCUT2D eigenvalue weighted by molar-refractivity contribution is -0.207. The largest absolute Gasteiger partial charge is 0.352 e. The van der Waals surface area contributed by atoms with Gasteiger partial charge >= 0.3 is 0 Å². The van der Waals surface area contributed by atoms with Gasteiger partial charge in [0.2, 0.25) is 5.79 Å². The molecule has 0 radical (unpaired) electrons. The molecule has 5 atom stereocenters. The minimum Gasteiger partial charge on any atom is -0.352 e. The molecular weight excluding hydrogens is 246 g/mol. The summed E-state index contributed by atoms with van der Waals surface area (Å²) in [5, 5.41) is 0. The zero-order valence-corrected chi connectivity index (χ0v) is 12.1. The molecule has 0 aliphatic carbocycles. The van der Waals surface area contributed by atoms with Crippen molar-refractivity contribution >= 4 is 5.71 Å². The van der Waals surface area contributed by atoms with E-state index in [-0.39, 0.29) is 24.4 Å². The second-order valence-electron chi connectivity index (χ2n) is 5.87. The number of ether oxygens (including phenoxy) is 4. The molecule has 3 aliphatic heterocycles. The van der Waals surface area contributed by atoms with Crippen LogP contribution in [0.3, 0.4) is 0 Å². The van der Waals surface area contributed by atoms with Crippen molar-refractivity contribution < 1.29 is 18.9 Å². The van der Waals surface area contributed by atoms with Crippen LogP contribution in [0.5, 0.6) is 0 Å². The summed E-state index contributed by atoms with van der Waals surface area (Å²) in [6.07, 6.45) is -0.268. The van der Waals surface area contributed by atoms with E-state index in [1.165, 1.54) is 0 Å². The predicted molar refractivity (Wildman–Crippen MR) is 69.8 cm³/mol. The third-order valence-electron chi connectivity index (χ3n) is 4.29. The summed E-state index contributed by atoms with van der Waals surface area (Å²) < 4.78 is 23.7. The molecule has 0 aromatic rings. The van der Waals surface area contributed by atoms with E-state index in [9.17, 15) is 0 Å². The maximum atomic E-state index is 6.02. The zero-order chi connectivity index (χ0) is 13.6. The van der Waals surface area contributed by atoms with E-state index < -0.39 is 5.79 Å². The van der Waals surface area contributed by atoms with E-state index in [0.29, 0.717) is 25.7 Å². The Morgan fingerprint density at radius 1 is 1.37 bits per heavy atom. The Morgan fingerprint density at radius 2 is 2.11 bits per heavy atom. The van der Waals surface area contributed by atoms with Crippen LogP contribution in [-0.2, 0) is 18.9 Å². The Bertz CT molecular complexity index is 384. The molecule has 0 amide bonds. The predicted octanol–water partition coefficient (Wildman–Crippen LogP) is 1.81. The summed E-state index contributed by atoms with van der Waals surface area (Å²) >= 11 is 0. The van der Waals surface area contributed by atoms with E-state index in [1.807, 2.05) is 13.8 Å². The lowest BCUT2D eigenvalue weighted by Gasteiger charge is -2.33. The van der Waals surface area contributed by atoms with Crippen LogP contribution in [0.25, 0.3) is 0 Å². The molecular formula is C14H23NO4. The van der Waals surface area contributed by atoms with Gasteiger partial charge in [0.15, 0.2) is 12.5 Å². The quantitative estimate of drug-likeness (QED) is 0.784. The number of rotatable bonds is 3. The zero-order valence-electron chi connectivity index (χ0n) is 12.1. The van der Waals surface area contributed by atoms with Gasteiger partial charge in [-0.25, -0.2) is 0 Å². The summed E-state index contributed by atoms with van der Waals surface area (Å²) in [4.78, 5) is 4.58. The Morgan fingerprint density at radius 3 is 2.79 bits per heavy atom. The van der Waals surface area contributed by atoms with Crippen molar-refractivity contribution in [2.24, 2.45) is 22.7 Å². The summed E-state index contributed by atoms with van der Waals surface area (Å²) in [5.41, 5.74) is 0.937. The van der Waals surface area contributed by atoms with Gasteiger partial charge in [-0.05, 0) is 13.8 Å². The Hall–Kier alpha value is -0.490. The molecule has 0 spiro atoms. The van der Waals surface area contributed by atoms with Gasteiger partial charge in [-0.2, -0.15) is 0 Å². The Kier molecular flexibility index (Phi) is 3.41. The van der Waals surface area contributed by atoms with Crippen molar-refractivity contribution in [3.05, 3.63) is 0 Å². The summed E-state index contributed by atoms with van der Waals surface area (Å²) in [7, 11) is 0. The molecule has 3 unspecified atom stereocenters. The van der Waals surface area contributed by atoms with Crippen LogP contribution >= 0.6 is 0 Å². The van der Waals surface area contributed by atoms with Crippen molar-refractivity contribution in [2.45, 2.75) is 46.0 Å². The standard InChI is InChI=1S/C14H23NO4/c1-5-18-14-9(4)15-12(19-14)10-6-16-13(8(2)3)17-7-11(10)14/h8,10-13H,5-7H2,1-4H3/t10?,11?,12-,13?,14-/m1/s1. The lowest BCUT2D eigenvalue weighted by Crippen LogP contribution is -2.48. The summed E-state index contributed by atoms with van der Waals surface area (Å²) in [6, 6.07) is 0. The second-order valence-corrected chi connectivity index (χ2v) is 5.87. The fourth-order valence-corrected chi connectivity index (χ4v) is 3.32. The SMILES string of the molecule is CCO[C@@]12O[C@@H](N=C1C)C1COC(C(C)C)OCC12. The van der Waals surface area contributed by atoms with Crippen LogP contribution in [0.2, 0.25) is 0 Å². The summed E-state index contributed by atoms with van der Waals surface area (Å²) in [5.74, 6) is 0.0828. The Labute approximate surface area is 114 Å². The van der Waals surface area contributed by atoms with Crippen LogP contribution in [0.1, 0.15) is 27.7 Å². The first-order valence-electron chi connectivity index (χ1n) is 7.18. The number of fused-ring (bicyclic) bond motifs is 5. The second kappa shape index (κ2) is 4.81. The highest BCUT2D eigenvalue weighted by atomic mass is 16.7. The highest BCUT2D eigenvalue weighted by Gasteiger charge is 2.62.